The van der Waals surface area contributed by atoms with Crippen LogP contribution in [0.25, 0.3) is 0 Å². The molecule has 1 aliphatic rings. The zero-order valence-electron chi connectivity index (χ0n) is 13.4. The van der Waals surface area contributed by atoms with E-state index in [2.05, 4.69) is 10.4 Å². The highest BCUT2D eigenvalue weighted by Crippen LogP contribution is 2.23. The Balaban J connectivity index is 2.18. The van der Waals surface area contributed by atoms with E-state index < -0.39 is 11.6 Å². The van der Waals surface area contributed by atoms with E-state index in [0.29, 0.717) is 13.0 Å². The van der Waals surface area contributed by atoms with Crippen LogP contribution in [-0.4, -0.2) is 44.6 Å². The third-order valence-corrected chi connectivity index (χ3v) is 3.87. The van der Waals surface area contributed by atoms with Crippen LogP contribution in [-0.2, 0) is 23.1 Å². The van der Waals surface area contributed by atoms with Gasteiger partial charge in [0.25, 0.3) is 0 Å². The molecule has 0 saturated carbocycles. The monoisotopic (exact) mass is 292 g/mol. The molecule has 1 atom stereocenters. The normalized spacial score (nSPS) is 21.8. The molecule has 0 aromatic carbocycles. The molecule has 1 aromatic rings. The molecule has 1 aromatic heterocycles. The molecule has 2 amide bonds. The number of aryl methyl sites for hydroxylation is 1. The number of hydrogen-bond donors (Lipinski definition) is 1. The molecule has 1 fully saturated rings. The summed E-state index contributed by atoms with van der Waals surface area (Å²) in [5, 5.41) is 6.95. The molecule has 1 aliphatic heterocycles. The van der Waals surface area contributed by atoms with Crippen molar-refractivity contribution in [1.82, 2.24) is 20.0 Å². The molecule has 2 rings (SSSR count). The Labute approximate surface area is 125 Å². The number of carbonyl (C=O) groups is 2. The Morgan fingerprint density at radius 2 is 2.05 bits per heavy atom. The predicted octanol–water partition coefficient (Wildman–Crippen LogP) is 0.724. The summed E-state index contributed by atoms with van der Waals surface area (Å²) in [6, 6.07) is -0.401. The van der Waals surface area contributed by atoms with Crippen LogP contribution in [0.1, 0.15) is 33.3 Å². The topological polar surface area (TPSA) is 67.2 Å². The fraction of sp³-hybridized carbons (Fsp3) is 0.667. The quantitative estimate of drug-likeness (QED) is 0.889. The second-order valence-electron chi connectivity index (χ2n) is 6.57. The fourth-order valence-corrected chi connectivity index (χ4v) is 2.82. The van der Waals surface area contributed by atoms with Crippen LogP contribution >= 0.6 is 0 Å². The molecule has 1 saturated heterocycles. The van der Waals surface area contributed by atoms with Crippen molar-refractivity contribution >= 4 is 11.8 Å². The maximum Gasteiger partial charge on any atom is 0.248 e. The average molecular weight is 292 g/mol. The number of nitrogens with one attached hydrogen (secondary N) is 1. The molecule has 0 spiro atoms. The SMILES string of the molecule is CC(C)C1C(=O)NC(C)(C)C(=O)N1CCc1cnn(C)c1. The second kappa shape index (κ2) is 5.50. The molecule has 6 heteroatoms. The number of amides is 2. The van der Waals surface area contributed by atoms with Crippen molar-refractivity contribution in [2.24, 2.45) is 13.0 Å². The molecule has 21 heavy (non-hydrogen) atoms. The van der Waals surface area contributed by atoms with Gasteiger partial charge >= 0.3 is 0 Å². The Morgan fingerprint density at radius 3 is 2.57 bits per heavy atom. The van der Waals surface area contributed by atoms with E-state index in [1.807, 2.05) is 27.1 Å². The standard InChI is InChI=1S/C15H24N4O2/c1-10(2)12-13(20)17-15(3,4)14(21)19(12)7-6-11-8-16-18(5)9-11/h8-10,12H,6-7H2,1-5H3,(H,17,20). The molecular weight excluding hydrogens is 268 g/mol. The first-order valence-electron chi connectivity index (χ1n) is 7.33. The van der Waals surface area contributed by atoms with Gasteiger partial charge < -0.3 is 10.2 Å². The van der Waals surface area contributed by atoms with Gasteiger partial charge in [0.2, 0.25) is 11.8 Å². The first kappa shape index (κ1) is 15.5. The van der Waals surface area contributed by atoms with Crippen molar-refractivity contribution in [3.05, 3.63) is 18.0 Å². The molecule has 1 unspecified atom stereocenters. The Morgan fingerprint density at radius 1 is 1.38 bits per heavy atom. The minimum atomic E-state index is -0.836. The number of aromatic nitrogens is 2. The number of rotatable bonds is 4. The predicted molar refractivity (Wildman–Crippen MR) is 79.5 cm³/mol. The second-order valence-corrected chi connectivity index (χ2v) is 6.57. The molecule has 0 bridgehead atoms. The largest absolute Gasteiger partial charge is 0.340 e. The number of nitrogens with zero attached hydrogens (tertiary/aromatic N) is 3. The molecule has 6 nitrogen and oxygen atoms in total. The van der Waals surface area contributed by atoms with Gasteiger partial charge in [-0.3, -0.25) is 14.3 Å². The van der Waals surface area contributed by atoms with Crippen LogP contribution in [0.3, 0.4) is 0 Å². The van der Waals surface area contributed by atoms with Crippen molar-refractivity contribution in [2.75, 3.05) is 6.54 Å². The van der Waals surface area contributed by atoms with Crippen molar-refractivity contribution < 1.29 is 9.59 Å². The molecule has 116 valence electrons. The Bertz CT molecular complexity index is 548. The van der Waals surface area contributed by atoms with Crippen LogP contribution in [0.15, 0.2) is 12.4 Å². The summed E-state index contributed by atoms with van der Waals surface area (Å²) in [6.45, 7) is 7.96. The van der Waals surface area contributed by atoms with Crippen molar-refractivity contribution in [1.29, 1.82) is 0 Å². The maximum absolute atomic E-state index is 12.6. The Hall–Kier alpha value is -1.85. The summed E-state index contributed by atoms with van der Waals surface area (Å²) in [7, 11) is 1.86. The van der Waals surface area contributed by atoms with Gasteiger partial charge in [-0.2, -0.15) is 5.10 Å². The fourth-order valence-electron chi connectivity index (χ4n) is 2.82. The highest BCUT2D eigenvalue weighted by Gasteiger charge is 2.45. The van der Waals surface area contributed by atoms with Gasteiger partial charge in [-0.1, -0.05) is 13.8 Å². The van der Waals surface area contributed by atoms with Gasteiger partial charge in [-0.15, -0.1) is 0 Å². The minimum Gasteiger partial charge on any atom is -0.340 e. The van der Waals surface area contributed by atoms with E-state index >= 15 is 0 Å². The summed E-state index contributed by atoms with van der Waals surface area (Å²) in [4.78, 5) is 26.6. The van der Waals surface area contributed by atoms with Crippen molar-refractivity contribution in [3.8, 4) is 0 Å². The lowest BCUT2D eigenvalue weighted by molar-refractivity contribution is -0.155. The van der Waals surface area contributed by atoms with E-state index in [4.69, 9.17) is 0 Å². The molecule has 1 N–H and O–H groups in total. The first-order chi connectivity index (χ1) is 9.72. The third kappa shape index (κ3) is 3.09. The van der Waals surface area contributed by atoms with Crippen molar-refractivity contribution in [3.63, 3.8) is 0 Å². The van der Waals surface area contributed by atoms with Crippen LogP contribution in [0.2, 0.25) is 0 Å². The minimum absolute atomic E-state index is 0.0234. The zero-order valence-corrected chi connectivity index (χ0v) is 13.4. The summed E-state index contributed by atoms with van der Waals surface area (Å²) in [5.74, 6) is -0.00979. The van der Waals surface area contributed by atoms with Crippen LogP contribution < -0.4 is 5.32 Å². The zero-order chi connectivity index (χ0) is 15.8. The first-order valence-corrected chi connectivity index (χ1v) is 7.33. The summed E-state index contributed by atoms with van der Waals surface area (Å²) in [6.07, 6.45) is 4.43. The summed E-state index contributed by atoms with van der Waals surface area (Å²) < 4.78 is 1.74. The van der Waals surface area contributed by atoms with E-state index in [1.165, 1.54) is 0 Å². The van der Waals surface area contributed by atoms with E-state index in [1.54, 1.807) is 29.6 Å². The lowest BCUT2D eigenvalue weighted by atomic mass is 9.91. The number of piperazine rings is 1. The van der Waals surface area contributed by atoms with E-state index in [0.717, 1.165) is 5.56 Å². The maximum atomic E-state index is 12.6. The highest BCUT2D eigenvalue weighted by molar-refractivity contribution is 5.99. The summed E-state index contributed by atoms with van der Waals surface area (Å²) >= 11 is 0. The van der Waals surface area contributed by atoms with E-state index in [9.17, 15) is 9.59 Å². The van der Waals surface area contributed by atoms with Gasteiger partial charge in [-0.25, -0.2) is 0 Å². The van der Waals surface area contributed by atoms with Crippen LogP contribution in [0, 0.1) is 5.92 Å². The van der Waals surface area contributed by atoms with Gasteiger partial charge in [0.05, 0.1) is 6.20 Å². The van der Waals surface area contributed by atoms with Crippen molar-refractivity contribution in [2.45, 2.75) is 45.7 Å². The molecule has 0 aliphatic carbocycles. The average Bonchev–Trinajstić information content (AvgIpc) is 2.76. The molecule has 0 radical (unpaired) electrons. The Kier molecular flexibility index (Phi) is 4.07. The van der Waals surface area contributed by atoms with Gasteiger partial charge in [0.15, 0.2) is 0 Å². The lowest BCUT2D eigenvalue weighted by Crippen LogP contribution is -2.69. The van der Waals surface area contributed by atoms with Crippen LogP contribution in [0.5, 0.6) is 0 Å². The van der Waals surface area contributed by atoms with Gasteiger partial charge in [0.1, 0.15) is 11.6 Å². The van der Waals surface area contributed by atoms with Gasteiger partial charge in [0, 0.05) is 19.8 Å². The summed E-state index contributed by atoms with van der Waals surface area (Å²) in [5.41, 5.74) is 0.230. The third-order valence-electron chi connectivity index (χ3n) is 3.87. The lowest BCUT2D eigenvalue weighted by Gasteiger charge is -2.44. The smallest absolute Gasteiger partial charge is 0.248 e. The van der Waals surface area contributed by atoms with E-state index in [-0.39, 0.29) is 17.7 Å². The number of carbonyl (C=O) groups excluding carboxylic acids is 2. The highest BCUT2D eigenvalue weighted by atomic mass is 16.2. The van der Waals surface area contributed by atoms with Gasteiger partial charge in [-0.05, 0) is 31.7 Å². The molecule has 2 heterocycles. The number of hydrogen-bond acceptors (Lipinski definition) is 3. The van der Waals surface area contributed by atoms with Crippen LogP contribution in [0.4, 0.5) is 0 Å². The molecular formula is C15H24N4O2.